The second-order valence-corrected chi connectivity index (χ2v) is 10.7. The molecule has 0 radical (unpaired) electrons. The minimum Gasteiger partial charge on any atom is -0.494 e. The predicted octanol–water partition coefficient (Wildman–Crippen LogP) is 3.58. The number of benzene rings is 2. The molecule has 1 aliphatic heterocycles. The van der Waals surface area contributed by atoms with Crippen molar-refractivity contribution in [3.05, 3.63) is 48.0 Å². The first-order valence-corrected chi connectivity index (χ1v) is 12.5. The molecule has 170 valence electrons. The third-order valence-electron chi connectivity index (χ3n) is 5.92. The van der Waals surface area contributed by atoms with Gasteiger partial charge in [0.05, 0.1) is 16.8 Å². The number of ether oxygens (including phenoxy) is 1. The summed E-state index contributed by atoms with van der Waals surface area (Å²) in [7, 11) is -3.69. The van der Waals surface area contributed by atoms with Crippen LogP contribution in [0.15, 0.2) is 47.4 Å². The van der Waals surface area contributed by atoms with Crippen molar-refractivity contribution in [2.75, 3.05) is 23.4 Å². The third kappa shape index (κ3) is 4.65. The summed E-state index contributed by atoms with van der Waals surface area (Å²) in [6, 6.07) is 11.9. The van der Waals surface area contributed by atoms with Crippen LogP contribution in [0.5, 0.6) is 5.75 Å². The molecule has 0 saturated heterocycles. The van der Waals surface area contributed by atoms with Gasteiger partial charge in [0.1, 0.15) is 5.75 Å². The molecule has 1 atom stereocenters. The van der Waals surface area contributed by atoms with E-state index in [-0.39, 0.29) is 29.0 Å². The smallest absolute Gasteiger partial charge is 0.230 e. The van der Waals surface area contributed by atoms with Crippen LogP contribution in [0.3, 0.4) is 0 Å². The lowest BCUT2D eigenvalue weighted by Crippen LogP contribution is -2.30. The Hall–Kier alpha value is -2.87. The van der Waals surface area contributed by atoms with E-state index in [2.05, 4.69) is 5.32 Å². The fourth-order valence-corrected chi connectivity index (χ4v) is 5.35. The maximum atomic E-state index is 13.1. The second-order valence-electron chi connectivity index (χ2n) is 8.37. The minimum absolute atomic E-state index is 0.123. The lowest BCUT2D eigenvalue weighted by atomic mass is 10.2. The summed E-state index contributed by atoms with van der Waals surface area (Å²) >= 11 is 0. The van der Waals surface area contributed by atoms with Crippen LogP contribution in [0.1, 0.15) is 38.7 Å². The Labute approximate surface area is 188 Å². The number of amides is 2. The van der Waals surface area contributed by atoms with Gasteiger partial charge >= 0.3 is 0 Å². The predicted molar refractivity (Wildman–Crippen MR) is 123 cm³/mol. The van der Waals surface area contributed by atoms with Gasteiger partial charge in [-0.05, 0) is 81.1 Å². The Morgan fingerprint density at radius 2 is 1.88 bits per heavy atom. The van der Waals surface area contributed by atoms with Crippen molar-refractivity contribution in [2.24, 2.45) is 5.92 Å². The molecule has 1 saturated carbocycles. The summed E-state index contributed by atoms with van der Waals surface area (Å²) in [5.41, 5.74) is 2.26. The van der Waals surface area contributed by atoms with Crippen LogP contribution in [0, 0.1) is 5.92 Å². The average molecular weight is 457 g/mol. The van der Waals surface area contributed by atoms with Crippen LogP contribution in [-0.2, 0) is 25.8 Å². The van der Waals surface area contributed by atoms with Crippen molar-refractivity contribution >= 4 is 33.0 Å². The van der Waals surface area contributed by atoms with Gasteiger partial charge in [0.25, 0.3) is 0 Å². The fraction of sp³-hybridized carbons (Fsp3) is 0.417. The molecular formula is C24H28N2O5S. The zero-order valence-electron chi connectivity index (χ0n) is 18.3. The number of nitrogens with one attached hydrogen (secondary N) is 1. The molecule has 8 heteroatoms. The van der Waals surface area contributed by atoms with Gasteiger partial charge < -0.3 is 15.0 Å². The third-order valence-corrected chi connectivity index (χ3v) is 8.06. The molecule has 2 aromatic rings. The Kier molecular flexibility index (Phi) is 6.24. The maximum absolute atomic E-state index is 13.1. The highest BCUT2D eigenvalue weighted by Crippen LogP contribution is 2.37. The number of fused-ring (bicyclic) bond motifs is 1. The maximum Gasteiger partial charge on any atom is 0.230 e. The molecule has 1 aliphatic carbocycles. The van der Waals surface area contributed by atoms with Gasteiger partial charge in [0.2, 0.25) is 11.8 Å². The number of carbonyl (C=O) groups is 2. The molecule has 1 unspecified atom stereocenters. The van der Waals surface area contributed by atoms with E-state index in [4.69, 9.17) is 4.74 Å². The molecule has 0 spiro atoms. The number of rotatable bonds is 8. The quantitative estimate of drug-likeness (QED) is 0.656. The highest BCUT2D eigenvalue weighted by atomic mass is 32.2. The van der Waals surface area contributed by atoms with E-state index in [1.807, 2.05) is 6.92 Å². The molecule has 2 amide bonds. The van der Waals surface area contributed by atoms with E-state index < -0.39 is 15.1 Å². The van der Waals surface area contributed by atoms with Crippen molar-refractivity contribution in [1.29, 1.82) is 0 Å². The van der Waals surface area contributed by atoms with Gasteiger partial charge in [-0.15, -0.1) is 0 Å². The van der Waals surface area contributed by atoms with Crippen LogP contribution in [0.25, 0.3) is 0 Å². The number of hydrogen-bond donors (Lipinski definition) is 1. The fourth-order valence-electron chi connectivity index (χ4n) is 3.95. The first-order valence-electron chi connectivity index (χ1n) is 11.0. The molecular weight excluding hydrogens is 428 g/mol. The first-order chi connectivity index (χ1) is 15.3. The van der Waals surface area contributed by atoms with Crippen molar-refractivity contribution in [2.45, 2.75) is 49.7 Å². The Morgan fingerprint density at radius 3 is 2.53 bits per heavy atom. The van der Waals surface area contributed by atoms with E-state index >= 15 is 0 Å². The summed E-state index contributed by atoms with van der Waals surface area (Å²) in [5.74, 6) is 0.597. The van der Waals surface area contributed by atoms with Crippen LogP contribution >= 0.6 is 0 Å². The Balaban J connectivity index is 1.41. The van der Waals surface area contributed by atoms with Gasteiger partial charge in [0.15, 0.2) is 9.84 Å². The van der Waals surface area contributed by atoms with Gasteiger partial charge in [-0.25, -0.2) is 8.42 Å². The van der Waals surface area contributed by atoms with E-state index in [9.17, 15) is 18.0 Å². The topological polar surface area (TPSA) is 92.8 Å². The molecule has 0 bridgehead atoms. The van der Waals surface area contributed by atoms with E-state index in [1.54, 1.807) is 54.3 Å². The van der Waals surface area contributed by atoms with E-state index in [0.717, 1.165) is 24.1 Å². The lowest BCUT2D eigenvalue weighted by Gasteiger charge is -2.18. The van der Waals surface area contributed by atoms with E-state index in [1.165, 1.54) is 0 Å². The van der Waals surface area contributed by atoms with Crippen LogP contribution in [0.2, 0.25) is 0 Å². The Morgan fingerprint density at radius 1 is 1.16 bits per heavy atom. The summed E-state index contributed by atoms with van der Waals surface area (Å²) in [6.45, 7) is 4.58. The summed E-state index contributed by atoms with van der Waals surface area (Å²) in [4.78, 5) is 26.8. The zero-order chi connectivity index (χ0) is 22.9. The molecule has 4 rings (SSSR count). The Bertz CT molecular complexity index is 1120. The van der Waals surface area contributed by atoms with E-state index in [0.29, 0.717) is 31.0 Å². The number of anilines is 2. The summed E-state index contributed by atoms with van der Waals surface area (Å²) in [5, 5.41) is 1.86. The van der Waals surface area contributed by atoms with Crippen LogP contribution in [-0.4, -0.2) is 38.6 Å². The SMILES string of the molecule is CCOc1ccc(NC(=O)CC(C)S(=O)(=O)c2ccc3c(c2)CCN3C(=O)C2CC2)cc1. The largest absolute Gasteiger partial charge is 0.494 e. The van der Waals surface area contributed by atoms with Crippen molar-refractivity contribution in [3.8, 4) is 5.75 Å². The number of sulfone groups is 1. The zero-order valence-corrected chi connectivity index (χ0v) is 19.2. The molecule has 1 fully saturated rings. The first kappa shape index (κ1) is 22.3. The lowest BCUT2D eigenvalue weighted by molar-refractivity contribution is -0.119. The van der Waals surface area contributed by atoms with Crippen molar-refractivity contribution in [3.63, 3.8) is 0 Å². The van der Waals surface area contributed by atoms with Gasteiger partial charge in [-0.2, -0.15) is 0 Å². The average Bonchev–Trinajstić information content (AvgIpc) is 3.53. The highest BCUT2D eigenvalue weighted by molar-refractivity contribution is 7.92. The molecule has 2 aliphatic rings. The highest BCUT2D eigenvalue weighted by Gasteiger charge is 2.37. The van der Waals surface area contributed by atoms with Gasteiger partial charge in [0, 0.05) is 30.3 Å². The number of nitrogens with zero attached hydrogens (tertiary/aromatic N) is 1. The summed E-state index contributed by atoms with van der Waals surface area (Å²) < 4.78 is 31.6. The second kappa shape index (κ2) is 8.94. The molecule has 0 aromatic heterocycles. The monoisotopic (exact) mass is 456 g/mol. The molecule has 1 N–H and O–H groups in total. The summed E-state index contributed by atoms with van der Waals surface area (Å²) in [6.07, 6.45) is 2.36. The van der Waals surface area contributed by atoms with Gasteiger partial charge in [-0.1, -0.05) is 0 Å². The van der Waals surface area contributed by atoms with Crippen LogP contribution < -0.4 is 15.0 Å². The minimum atomic E-state index is -3.69. The standard InChI is InChI=1S/C24H28N2O5S/c1-3-31-20-8-6-19(7-9-20)25-23(27)14-16(2)32(29,30)21-10-11-22-18(15-21)12-13-26(22)24(28)17-4-5-17/h6-11,15-17H,3-5,12-14H2,1-2H3,(H,25,27). The molecule has 7 nitrogen and oxygen atoms in total. The van der Waals surface area contributed by atoms with Gasteiger partial charge in [-0.3, -0.25) is 9.59 Å². The molecule has 2 aromatic carbocycles. The number of carbonyl (C=O) groups excluding carboxylic acids is 2. The number of hydrogen-bond acceptors (Lipinski definition) is 5. The van der Waals surface area contributed by atoms with Crippen molar-refractivity contribution in [1.82, 2.24) is 0 Å². The molecule has 1 heterocycles. The van der Waals surface area contributed by atoms with Crippen molar-refractivity contribution < 1.29 is 22.7 Å². The normalized spacial score (nSPS) is 16.4. The molecule has 32 heavy (non-hydrogen) atoms. The van der Waals surface area contributed by atoms with Crippen LogP contribution in [0.4, 0.5) is 11.4 Å².